The van der Waals surface area contributed by atoms with Gasteiger partial charge < -0.3 is 10.4 Å². The molecule has 0 aromatic heterocycles. The number of nitrogens with zero attached hydrogens (tertiary/aromatic N) is 1. The fraction of sp³-hybridized carbons (Fsp3) is 1.00. The maximum atomic E-state index is 8.76. The molecule has 2 N–H and O–H groups in total. The number of likely N-dealkylation sites (tertiary alicyclic amines) is 1. The number of hydrogen-bond acceptors (Lipinski definition) is 3. The molecule has 1 heterocycles. The van der Waals surface area contributed by atoms with Crippen LogP contribution in [-0.2, 0) is 0 Å². The zero-order valence-corrected chi connectivity index (χ0v) is 9.66. The van der Waals surface area contributed by atoms with Crippen molar-refractivity contribution in [3.05, 3.63) is 0 Å². The Morgan fingerprint density at radius 2 is 2.14 bits per heavy atom. The summed E-state index contributed by atoms with van der Waals surface area (Å²) in [5.74, 6) is 0.766. The molecule has 14 heavy (non-hydrogen) atoms. The summed E-state index contributed by atoms with van der Waals surface area (Å²) in [6.45, 7) is 10.1. The number of aliphatic hydroxyl groups is 1. The number of piperidine rings is 1. The molecule has 1 fully saturated rings. The minimum Gasteiger partial charge on any atom is -0.395 e. The lowest BCUT2D eigenvalue weighted by molar-refractivity contribution is 0.116. The summed E-state index contributed by atoms with van der Waals surface area (Å²) in [5, 5.41) is 12.2. The largest absolute Gasteiger partial charge is 0.395 e. The van der Waals surface area contributed by atoms with Crippen LogP contribution >= 0.6 is 0 Å². The standard InChI is InChI=1S/C11H24N2O/c1-9(2)13-7-10(3)6-11(8-13)12-4-5-14/h9-12,14H,4-8H2,1-3H3. The number of rotatable bonds is 4. The summed E-state index contributed by atoms with van der Waals surface area (Å²) >= 11 is 0. The van der Waals surface area contributed by atoms with Gasteiger partial charge in [0.05, 0.1) is 6.61 Å². The van der Waals surface area contributed by atoms with Crippen molar-refractivity contribution in [2.45, 2.75) is 39.3 Å². The van der Waals surface area contributed by atoms with E-state index in [4.69, 9.17) is 5.11 Å². The van der Waals surface area contributed by atoms with E-state index in [0.717, 1.165) is 19.0 Å². The van der Waals surface area contributed by atoms with Crippen molar-refractivity contribution in [1.29, 1.82) is 0 Å². The smallest absolute Gasteiger partial charge is 0.0556 e. The lowest BCUT2D eigenvalue weighted by Gasteiger charge is -2.39. The molecule has 2 atom stereocenters. The number of aliphatic hydroxyl groups excluding tert-OH is 1. The van der Waals surface area contributed by atoms with Crippen molar-refractivity contribution < 1.29 is 5.11 Å². The summed E-state index contributed by atoms with van der Waals surface area (Å²) in [4.78, 5) is 2.52. The molecule has 84 valence electrons. The molecule has 0 saturated carbocycles. The second kappa shape index (κ2) is 5.69. The third-order valence-electron chi connectivity index (χ3n) is 2.96. The first-order valence-corrected chi connectivity index (χ1v) is 5.71. The predicted molar refractivity (Wildman–Crippen MR) is 59.4 cm³/mol. The van der Waals surface area contributed by atoms with Crippen LogP contribution in [-0.4, -0.2) is 48.3 Å². The van der Waals surface area contributed by atoms with Gasteiger partial charge in [0.1, 0.15) is 0 Å². The van der Waals surface area contributed by atoms with Gasteiger partial charge in [-0.15, -0.1) is 0 Å². The lowest BCUT2D eigenvalue weighted by Crippen LogP contribution is -2.51. The zero-order valence-electron chi connectivity index (χ0n) is 9.66. The maximum Gasteiger partial charge on any atom is 0.0556 e. The van der Waals surface area contributed by atoms with E-state index in [-0.39, 0.29) is 6.61 Å². The Balaban J connectivity index is 2.37. The van der Waals surface area contributed by atoms with Gasteiger partial charge in [0, 0.05) is 31.7 Å². The van der Waals surface area contributed by atoms with E-state index >= 15 is 0 Å². The Labute approximate surface area is 87.5 Å². The minimum absolute atomic E-state index is 0.243. The van der Waals surface area contributed by atoms with Crippen LogP contribution in [0.3, 0.4) is 0 Å². The van der Waals surface area contributed by atoms with E-state index in [1.807, 2.05) is 0 Å². The van der Waals surface area contributed by atoms with Crippen LogP contribution in [0.25, 0.3) is 0 Å². The van der Waals surface area contributed by atoms with Crippen molar-refractivity contribution in [3.8, 4) is 0 Å². The van der Waals surface area contributed by atoms with E-state index in [2.05, 4.69) is 31.0 Å². The quantitative estimate of drug-likeness (QED) is 0.701. The first-order chi connectivity index (χ1) is 6.63. The molecule has 0 radical (unpaired) electrons. The van der Waals surface area contributed by atoms with Crippen molar-refractivity contribution in [3.63, 3.8) is 0 Å². The van der Waals surface area contributed by atoms with Crippen LogP contribution in [0.15, 0.2) is 0 Å². The molecule has 1 rings (SSSR count). The summed E-state index contributed by atoms with van der Waals surface area (Å²) < 4.78 is 0. The molecular formula is C11H24N2O. The summed E-state index contributed by atoms with van der Waals surface area (Å²) in [6.07, 6.45) is 1.24. The Hall–Kier alpha value is -0.120. The fourth-order valence-electron chi connectivity index (χ4n) is 2.23. The molecule has 3 heteroatoms. The summed E-state index contributed by atoms with van der Waals surface area (Å²) in [7, 11) is 0. The highest BCUT2D eigenvalue weighted by Crippen LogP contribution is 2.18. The topological polar surface area (TPSA) is 35.5 Å². The lowest BCUT2D eigenvalue weighted by atomic mass is 9.95. The van der Waals surface area contributed by atoms with E-state index in [1.54, 1.807) is 0 Å². The first-order valence-electron chi connectivity index (χ1n) is 5.71. The SMILES string of the molecule is CC1CC(NCCO)CN(C(C)C)C1. The molecule has 0 aliphatic carbocycles. The Morgan fingerprint density at radius 3 is 2.71 bits per heavy atom. The van der Waals surface area contributed by atoms with Gasteiger partial charge in [-0.3, -0.25) is 4.90 Å². The molecule has 1 aliphatic heterocycles. The molecule has 0 amide bonds. The second-order valence-electron chi connectivity index (χ2n) is 4.76. The fourth-order valence-corrected chi connectivity index (χ4v) is 2.23. The van der Waals surface area contributed by atoms with Gasteiger partial charge in [0.15, 0.2) is 0 Å². The van der Waals surface area contributed by atoms with Crippen molar-refractivity contribution in [2.75, 3.05) is 26.2 Å². The molecule has 3 nitrogen and oxygen atoms in total. The molecule has 0 aromatic rings. The highest BCUT2D eigenvalue weighted by Gasteiger charge is 2.25. The van der Waals surface area contributed by atoms with Gasteiger partial charge in [-0.05, 0) is 26.2 Å². The van der Waals surface area contributed by atoms with E-state index in [9.17, 15) is 0 Å². The van der Waals surface area contributed by atoms with Crippen LogP contribution in [0, 0.1) is 5.92 Å². The normalized spacial score (nSPS) is 29.8. The molecular weight excluding hydrogens is 176 g/mol. The minimum atomic E-state index is 0.243. The molecule has 1 aliphatic rings. The predicted octanol–water partition coefficient (Wildman–Crippen LogP) is 0.687. The van der Waals surface area contributed by atoms with Gasteiger partial charge in [0.2, 0.25) is 0 Å². The third-order valence-corrected chi connectivity index (χ3v) is 2.96. The molecule has 0 aromatic carbocycles. The molecule has 0 spiro atoms. The van der Waals surface area contributed by atoms with Crippen LogP contribution in [0.4, 0.5) is 0 Å². The highest BCUT2D eigenvalue weighted by atomic mass is 16.3. The van der Waals surface area contributed by atoms with Crippen molar-refractivity contribution >= 4 is 0 Å². The van der Waals surface area contributed by atoms with Gasteiger partial charge in [-0.25, -0.2) is 0 Å². The van der Waals surface area contributed by atoms with Crippen molar-refractivity contribution in [1.82, 2.24) is 10.2 Å². The molecule has 2 unspecified atom stereocenters. The zero-order chi connectivity index (χ0) is 10.6. The van der Waals surface area contributed by atoms with E-state index in [1.165, 1.54) is 13.0 Å². The summed E-state index contributed by atoms with van der Waals surface area (Å²) in [6, 6.07) is 1.20. The highest BCUT2D eigenvalue weighted by molar-refractivity contribution is 4.83. The Kier molecular flexibility index (Phi) is 4.85. The van der Waals surface area contributed by atoms with Gasteiger partial charge in [-0.1, -0.05) is 6.92 Å². The number of nitrogens with one attached hydrogen (secondary N) is 1. The van der Waals surface area contributed by atoms with Crippen molar-refractivity contribution in [2.24, 2.45) is 5.92 Å². The maximum absolute atomic E-state index is 8.76. The van der Waals surface area contributed by atoms with Crippen LogP contribution in [0.2, 0.25) is 0 Å². The summed E-state index contributed by atoms with van der Waals surface area (Å²) in [5.41, 5.74) is 0. The first kappa shape index (κ1) is 12.0. The van der Waals surface area contributed by atoms with Crippen LogP contribution < -0.4 is 5.32 Å². The average molecular weight is 200 g/mol. The Bertz CT molecular complexity index is 161. The molecule has 1 saturated heterocycles. The van der Waals surface area contributed by atoms with Gasteiger partial charge >= 0.3 is 0 Å². The van der Waals surface area contributed by atoms with Gasteiger partial charge in [-0.2, -0.15) is 0 Å². The van der Waals surface area contributed by atoms with Gasteiger partial charge in [0.25, 0.3) is 0 Å². The monoisotopic (exact) mass is 200 g/mol. The number of hydrogen-bond donors (Lipinski definition) is 2. The Morgan fingerprint density at radius 1 is 1.43 bits per heavy atom. The second-order valence-corrected chi connectivity index (χ2v) is 4.76. The van der Waals surface area contributed by atoms with Crippen LogP contribution in [0.5, 0.6) is 0 Å². The van der Waals surface area contributed by atoms with Crippen LogP contribution in [0.1, 0.15) is 27.2 Å². The van der Waals surface area contributed by atoms with E-state index < -0.39 is 0 Å². The average Bonchev–Trinajstić information content (AvgIpc) is 2.14. The molecule has 0 bridgehead atoms. The third kappa shape index (κ3) is 3.56. The van der Waals surface area contributed by atoms with E-state index in [0.29, 0.717) is 12.1 Å².